The molecule has 0 amide bonds. The number of benzene rings is 2. The Morgan fingerprint density at radius 2 is 1.89 bits per heavy atom. The highest BCUT2D eigenvalue weighted by Gasteiger charge is 2.52. The highest BCUT2D eigenvalue weighted by molar-refractivity contribution is 5.94. The van der Waals surface area contributed by atoms with E-state index >= 15 is 0 Å². The van der Waals surface area contributed by atoms with Crippen LogP contribution in [0.4, 0.5) is 24.7 Å². The van der Waals surface area contributed by atoms with Gasteiger partial charge in [-0.05, 0) is 50.5 Å². The SMILES string of the molecule is Cc1cc([C@@H](C)Nc2ccccc2C(=O)O)c2nc(N3CCC(C)(C(F)(F)F)CC3)c(C#N)nc2c1. The molecule has 2 heterocycles. The molecule has 1 aliphatic rings. The Hall–Kier alpha value is -3.87. The van der Waals surface area contributed by atoms with Crippen LogP contribution in [-0.2, 0) is 0 Å². The van der Waals surface area contributed by atoms with Gasteiger partial charge in [-0.15, -0.1) is 0 Å². The average Bonchev–Trinajstić information content (AvgIpc) is 2.82. The molecule has 0 saturated carbocycles. The zero-order chi connectivity index (χ0) is 26.3. The van der Waals surface area contributed by atoms with E-state index in [1.807, 2.05) is 26.0 Å². The highest BCUT2D eigenvalue weighted by Crippen LogP contribution is 2.46. The van der Waals surface area contributed by atoms with Crippen LogP contribution >= 0.6 is 0 Å². The minimum absolute atomic E-state index is 0.0616. The summed E-state index contributed by atoms with van der Waals surface area (Å²) in [5.41, 5.74) is 1.46. The normalized spacial score (nSPS) is 16.4. The van der Waals surface area contributed by atoms with Crippen LogP contribution in [0.2, 0.25) is 0 Å². The van der Waals surface area contributed by atoms with Gasteiger partial charge in [0, 0.05) is 24.3 Å². The van der Waals surface area contributed by atoms with Crippen LogP contribution in [0, 0.1) is 23.7 Å². The number of piperidine rings is 1. The number of carbonyl (C=O) groups is 1. The van der Waals surface area contributed by atoms with Crippen molar-refractivity contribution in [2.75, 3.05) is 23.3 Å². The highest BCUT2D eigenvalue weighted by atomic mass is 19.4. The first-order chi connectivity index (χ1) is 16.9. The van der Waals surface area contributed by atoms with Gasteiger partial charge in [-0.2, -0.15) is 18.4 Å². The van der Waals surface area contributed by atoms with E-state index in [4.69, 9.17) is 4.98 Å². The summed E-state index contributed by atoms with van der Waals surface area (Å²) in [5, 5.41) is 22.5. The number of alkyl halides is 3. The van der Waals surface area contributed by atoms with Crippen molar-refractivity contribution in [1.29, 1.82) is 5.26 Å². The van der Waals surface area contributed by atoms with E-state index in [0.717, 1.165) is 11.1 Å². The van der Waals surface area contributed by atoms with Gasteiger partial charge in [-0.3, -0.25) is 0 Å². The zero-order valence-electron chi connectivity index (χ0n) is 20.1. The molecule has 0 unspecified atom stereocenters. The maximum absolute atomic E-state index is 13.5. The van der Waals surface area contributed by atoms with Gasteiger partial charge < -0.3 is 15.3 Å². The fraction of sp³-hybridized carbons (Fsp3) is 0.385. The van der Waals surface area contributed by atoms with E-state index in [9.17, 15) is 28.3 Å². The lowest BCUT2D eigenvalue weighted by molar-refractivity contribution is -0.224. The molecule has 0 spiro atoms. The Bertz CT molecular complexity index is 1360. The fourth-order valence-corrected chi connectivity index (χ4v) is 4.55. The van der Waals surface area contributed by atoms with Gasteiger partial charge in [0.25, 0.3) is 0 Å². The van der Waals surface area contributed by atoms with E-state index in [1.54, 1.807) is 29.2 Å². The summed E-state index contributed by atoms with van der Waals surface area (Å²) in [5.74, 6) is -0.798. The minimum Gasteiger partial charge on any atom is -0.478 e. The molecular formula is C26H26F3N5O2. The lowest BCUT2D eigenvalue weighted by Gasteiger charge is -2.41. The molecule has 1 saturated heterocycles. The van der Waals surface area contributed by atoms with Crippen molar-refractivity contribution in [3.8, 4) is 6.07 Å². The number of aromatic carboxylic acids is 1. The number of carboxylic acids is 1. The van der Waals surface area contributed by atoms with E-state index < -0.39 is 17.6 Å². The number of nitriles is 1. The molecule has 10 heteroatoms. The number of nitrogens with one attached hydrogen (secondary N) is 1. The summed E-state index contributed by atoms with van der Waals surface area (Å²) in [6.07, 6.45) is -4.51. The van der Waals surface area contributed by atoms with Crippen molar-refractivity contribution >= 4 is 28.5 Å². The van der Waals surface area contributed by atoms with E-state index in [2.05, 4.69) is 10.3 Å². The Morgan fingerprint density at radius 3 is 2.50 bits per heavy atom. The number of carboxylic acid groups (broad SMARTS) is 1. The number of halogens is 3. The molecule has 2 aromatic carbocycles. The molecule has 36 heavy (non-hydrogen) atoms. The maximum atomic E-state index is 13.5. The number of hydrogen-bond donors (Lipinski definition) is 2. The third kappa shape index (κ3) is 4.65. The standard InChI is InChI=1S/C26H26F3N5O2/c1-15-12-18(16(2)31-19-7-5-4-6-17(19)24(35)36)22-20(13-15)32-21(14-30)23(33-22)34-10-8-25(3,9-11-34)26(27,28)29/h4-7,12-13,16,31H,8-11H2,1-3H3,(H,35,36)/t16-/m1/s1. The molecule has 1 atom stereocenters. The first kappa shape index (κ1) is 25.2. The summed E-state index contributed by atoms with van der Waals surface area (Å²) in [4.78, 5) is 22.6. The monoisotopic (exact) mass is 497 g/mol. The molecule has 0 bridgehead atoms. The smallest absolute Gasteiger partial charge is 0.394 e. The summed E-state index contributed by atoms with van der Waals surface area (Å²) in [7, 11) is 0. The molecule has 1 aliphatic heterocycles. The van der Waals surface area contributed by atoms with Crippen molar-refractivity contribution in [1.82, 2.24) is 9.97 Å². The minimum atomic E-state index is -4.30. The summed E-state index contributed by atoms with van der Waals surface area (Å²) < 4.78 is 40.5. The van der Waals surface area contributed by atoms with Crippen LogP contribution < -0.4 is 10.2 Å². The number of hydrogen-bond acceptors (Lipinski definition) is 6. The van der Waals surface area contributed by atoms with Crippen LogP contribution in [0.3, 0.4) is 0 Å². The van der Waals surface area contributed by atoms with Gasteiger partial charge in [0.2, 0.25) is 0 Å². The van der Waals surface area contributed by atoms with Gasteiger partial charge >= 0.3 is 12.1 Å². The largest absolute Gasteiger partial charge is 0.478 e. The Morgan fingerprint density at radius 1 is 1.22 bits per heavy atom. The van der Waals surface area contributed by atoms with Crippen molar-refractivity contribution in [3.63, 3.8) is 0 Å². The predicted octanol–water partition coefficient (Wildman–Crippen LogP) is 5.85. The molecule has 1 fully saturated rings. The summed E-state index contributed by atoms with van der Waals surface area (Å²) >= 11 is 0. The van der Waals surface area contributed by atoms with Crippen molar-refractivity contribution in [2.24, 2.45) is 5.41 Å². The van der Waals surface area contributed by atoms with Crippen LogP contribution in [0.25, 0.3) is 11.0 Å². The topological polar surface area (TPSA) is 102 Å². The zero-order valence-corrected chi connectivity index (χ0v) is 20.1. The predicted molar refractivity (Wildman–Crippen MR) is 130 cm³/mol. The van der Waals surface area contributed by atoms with Gasteiger partial charge in [-0.25, -0.2) is 14.8 Å². The third-order valence-corrected chi connectivity index (χ3v) is 6.88. The average molecular weight is 498 g/mol. The first-order valence-electron chi connectivity index (χ1n) is 11.6. The molecule has 7 nitrogen and oxygen atoms in total. The second kappa shape index (κ2) is 9.30. The maximum Gasteiger partial charge on any atom is 0.394 e. The van der Waals surface area contributed by atoms with Crippen molar-refractivity contribution in [2.45, 2.75) is 45.8 Å². The molecule has 4 rings (SSSR count). The molecule has 1 aromatic heterocycles. The molecule has 2 N–H and O–H groups in total. The fourth-order valence-electron chi connectivity index (χ4n) is 4.55. The molecule has 188 valence electrons. The van der Waals surface area contributed by atoms with Gasteiger partial charge in [0.1, 0.15) is 6.07 Å². The third-order valence-electron chi connectivity index (χ3n) is 6.88. The number of fused-ring (bicyclic) bond motifs is 1. The number of aryl methyl sites for hydroxylation is 1. The lowest BCUT2D eigenvalue weighted by atomic mass is 9.79. The lowest BCUT2D eigenvalue weighted by Crippen LogP contribution is -2.46. The number of aromatic nitrogens is 2. The number of para-hydroxylation sites is 1. The Kier molecular flexibility index (Phi) is 6.52. The quantitative estimate of drug-likeness (QED) is 0.456. The van der Waals surface area contributed by atoms with E-state index in [1.165, 1.54) is 13.0 Å². The second-order valence-corrected chi connectivity index (χ2v) is 9.49. The summed E-state index contributed by atoms with van der Waals surface area (Å²) in [6.45, 7) is 5.18. The van der Waals surface area contributed by atoms with Gasteiger partial charge in [0.05, 0.1) is 28.1 Å². The van der Waals surface area contributed by atoms with Crippen molar-refractivity contribution in [3.05, 3.63) is 58.8 Å². The second-order valence-electron chi connectivity index (χ2n) is 9.49. The molecule has 0 radical (unpaired) electrons. The molecule has 3 aromatic rings. The van der Waals surface area contributed by atoms with Gasteiger partial charge in [0.15, 0.2) is 11.5 Å². The summed E-state index contributed by atoms with van der Waals surface area (Å²) in [6, 6.07) is 11.9. The van der Waals surface area contributed by atoms with E-state index in [0.29, 0.717) is 16.7 Å². The Labute approximate surface area is 206 Å². The van der Waals surface area contributed by atoms with Crippen LogP contribution in [-0.4, -0.2) is 40.3 Å². The van der Waals surface area contributed by atoms with Crippen LogP contribution in [0.5, 0.6) is 0 Å². The molecule has 0 aliphatic carbocycles. The Balaban J connectivity index is 1.74. The first-order valence-corrected chi connectivity index (χ1v) is 11.6. The van der Waals surface area contributed by atoms with Crippen LogP contribution in [0.15, 0.2) is 36.4 Å². The number of nitrogens with zero attached hydrogens (tertiary/aromatic N) is 4. The number of rotatable bonds is 5. The molecular weight excluding hydrogens is 471 g/mol. The van der Waals surface area contributed by atoms with Crippen LogP contribution in [0.1, 0.15) is 59.9 Å². The number of anilines is 2. The van der Waals surface area contributed by atoms with E-state index in [-0.39, 0.29) is 49.0 Å². The van der Waals surface area contributed by atoms with Gasteiger partial charge in [-0.1, -0.05) is 25.1 Å². The van der Waals surface area contributed by atoms with Crippen molar-refractivity contribution < 1.29 is 23.1 Å².